The number of anilines is 1. The van der Waals surface area contributed by atoms with Crippen LogP contribution >= 0.6 is 0 Å². The largest absolute Gasteiger partial charge is 0.340 e. The van der Waals surface area contributed by atoms with Crippen LogP contribution in [0, 0.1) is 13.8 Å². The highest BCUT2D eigenvalue weighted by atomic mass is 16.5. The van der Waals surface area contributed by atoms with E-state index in [1.807, 2.05) is 25.1 Å². The maximum atomic E-state index is 12.4. The zero-order chi connectivity index (χ0) is 17.1. The predicted octanol–water partition coefficient (Wildman–Crippen LogP) is 2.03. The van der Waals surface area contributed by atoms with Crippen LogP contribution in [0.25, 0.3) is 0 Å². The minimum Gasteiger partial charge on any atom is -0.340 e. The zero-order valence-electron chi connectivity index (χ0n) is 13.8. The van der Waals surface area contributed by atoms with E-state index in [1.165, 1.54) is 0 Å². The van der Waals surface area contributed by atoms with Crippen molar-refractivity contribution in [1.29, 1.82) is 0 Å². The normalized spacial score (nSPS) is 17.6. The summed E-state index contributed by atoms with van der Waals surface area (Å²) in [6.07, 6.45) is 1.68. The topological polar surface area (TPSA) is 88.3 Å². The summed E-state index contributed by atoms with van der Waals surface area (Å²) < 4.78 is 5.01. The molecular weight excluding hydrogens is 308 g/mol. The molecule has 1 atom stereocenters. The first-order valence-corrected chi connectivity index (χ1v) is 8.00. The third-order valence-corrected chi connectivity index (χ3v) is 4.09. The second-order valence-corrected chi connectivity index (χ2v) is 6.09. The van der Waals surface area contributed by atoms with Gasteiger partial charge in [-0.1, -0.05) is 17.3 Å². The van der Waals surface area contributed by atoms with Gasteiger partial charge in [0.05, 0.1) is 0 Å². The molecule has 3 rings (SSSR count). The van der Waals surface area contributed by atoms with Crippen LogP contribution in [-0.2, 0) is 9.59 Å². The number of likely N-dealkylation sites (tertiary alicyclic amines) is 1. The first-order valence-electron chi connectivity index (χ1n) is 8.00. The molecule has 1 N–H and O–H groups in total. The number of amides is 2. The van der Waals surface area contributed by atoms with Gasteiger partial charge in [-0.15, -0.1) is 0 Å². The average molecular weight is 328 g/mol. The lowest BCUT2D eigenvalue weighted by molar-refractivity contribution is -0.144. The van der Waals surface area contributed by atoms with Crippen molar-refractivity contribution in [2.45, 2.75) is 32.6 Å². The summed E-state index contributed by atoms with van der Waals surface area (Å²) in [6, 6.07) is 7.36. The lowest BCUT2D eigenvalue weighted by Crippen LogP contribution is -2.44. The van der Waals surface area contributed by atoms with E-state index < -0.39 is 11.8 Å². The Kier molecular flexibility index (Phi) is 4.59. The van der Waals surface area contributed by atoms with Crippen LogP contribution < -0.4 is 5.32 Å². The molecule has 0 unspecified atom stereocenters. The Morgan fingerprint density at radius 2 is 2.17 bits per heavy atom. The van der Waals surface area contributed by atoms with Crippen molar-refractivity contribution in [3.63, 3.8) is 0 Å². The Labute approximate surface area is 140 Å². The molecule has 2 aromatic rings. The van der Waals surface area contributed by atoms with E-state index in [1.54, 1.807) is 17.9 Å². The number of rotatable bonds is 2. The van der Waals surface area contributed by atoms with Gasteiger partial charge in [0.1, 0.15) is 0 Å². The third kappa shape index (κ3) is 3.61. The Morgan fingerprint density at radius 1 is 1.33 bits per heavy atom. The summed E-state index contributed by atoms with van der Waals surface area (Å²) in [6.45, 7) is 4.66. The summed E-state index contributed by atoms with van der Waals surface area (Å²) in [4.78, 5) is 30.4. The van der Waals surface area contributed by atoms with Gasteiger partial charge in [0, 0.05) is 31.6 Å². The van der Waals surface area contributed by atoms with E-state index in [0.29, 0.717) is 30.5 Å². The number of piperidine rings is 1. The molecule has 1 aliphatic heterocycles. The number of carbonyl (C=O) groups excluding carboxylic acids is 2. The SMILES string of the molecule is Cc1cccc(NC(=O)C(=O)N2CCC[C@H](c3noc(C)n3)C2)c1. The van der Waals surface area contributed by atoms with E-state index >= 15 is 0 Å². The molecule has 1 aromatic heterocycles. The lowest BCUT2D eigenvalue weighted by atomic mass is 9.97. The highest BCUT2D eigenvalue weighted by molar-refractivity contribution is 6.39. The molecule has 1 aliphatic rings. The zero-order valence-corrected chi connectivity index (χ0v) is 13.8. The Hall–Kier alpha value is -2.70. The molecule has 7 heteroatoms. The summed E-state index contributed by atoms with van der Waals surface area (Å²) in [5, 5.41) is 6.59. The minimum atomic E-state index is -0.620. The number of aryl methyl sites for hydroxylation is 2. The average Bonchev–Trinajstić information content (AvgIpc) is 3.01. The fraction of sp³-hybridized carbons (Fsp3) is 0.412. The molecule has 1 fully saturated rings. The molecule has 2 amide bonds. The highest BCUT2D eigenvalue weighted by Gasteiger charge is 2.30. The van der Waals surface area contributed by atoms with Crippen LogP contribution in [0.15, 0.2) is 28.8 Å². The van der Waals surface area contributed by atoms with Gasteiger partial charge in [0.15, 0.2) is 5.82 Å². The molecule has 0 aliphatic carbocycles. The fourth-order valence-corrected chi connectivity index (χ4v) is 2.90. The molecule has 0 saturated carbocycles. The van der Waals surface area contributed by atoms with Gasteiger partial charge in [-0.2, -0.15) is 4.98 Å². The van der Waals surface area contributed by atoms with E-state index in [2.05, 4.69) is 15.5 Å². The number of nitrogens with one attached hydrogen (secondary N) is 1. The Morgan fingerprint density at radius 3 is 2.88 bits per heavy atom. The summed E-state index contributed by atoms with van der Waals surface area (Å²) in [7, 11) is 0. The van der Waals surface area contributed by atoms with E-state index in [4.69, 9.17) is 4.52 Å². The second-order valence-electron chi connectivity index (χ2n) is 6.09. The minimum absolute atomic E-state index is 0.00641. The van der Waals surface area contributed by atoms with Crippen LogP contribution in [0.1, 0.15) is 36.0 Å². The van der Waals surface area contributed by atoms with E-state index in [9.17, 15) is 9.59 Å². The fourth-order valence-electron chi connectivity index (χ4n) is 2.90. The van der Waals surface area contributed by atoms with Crippen molar-refractivity contribution in [3.8, 4) is 0 Å². The molecule has 1 aromatic carbocycles. The van der Waals surface area contributed by atoms with Gasteiger partial charge >= 0.3 is 11.8 Å². The maximum absolute atomic E-state index is 12.4. The van der Waals surface area contributed by atoms with Gasteiger partial charge in [-0.05, 0) is 37.5 Å². The van der Waals surface area contributed by atoms with Gasteiger partial charge in [0.2, 0.25) is 5.89 Å². The second kappa shape index (κ2) is 6.82. The van der Waals surface area contributed by atoms with Crippen LogP contribution in [0.3, 0.4) is 0 Å². The number of hydrogen-bond acceptors (Lipinski definition) is 5. The third-order valence-electron chi connectivity index (χ3n) is 4.09. The van der Waals surface area contributed by atoms with Crippen molar-refractivity contribution in [1.82, 2.24) is 15.0 Å². The molecule has 0 bridgehead atoms. The van der Waals surface area contributed by atoms with Crippen molar-refractivity contribution in [3.05, 3.63) is 41.5 Å². The highest BCUT2D eigenvalue weighted by Crippen LogP contribution is 2.25. The summed E-state index contributed by atoms with van der Waals surface area (Å²) in [5.41, 5.74) is 1.64. The standard InChI is InChI=1S/C17H20N4O3/c1-11-5-3-7-14(9-11)19-16(22)17(23)21-8-4-6-13(10-21)15-18-12(2)24-20-15/h3,5,7,9,13H,4,6,8,10H2,1-2H3,(H,19,22)/t13-/m0/s1. The summed E-state index contributed by atoms with van der Waals surface area (Å²) in [5.74, 6) is -0.0337. The van der Waals surface area contributed by atoms with Gasteiger partial charge in [-0.3, -0.25) is 9.59 Å². The number of carbonyl (C=O) groups is 2. The van der Waals surface area contributed by atoms with Crippen LogP contribution in [0.5, 0.6) is 0 Å². The number of hydrogen-bond donors (Lipinski definition) is 1. The molecule has 0 radical (unpaired) electrons. The quantitative estimate of drug-likeness (QED) is 0.852. The van der Waals surface area contributed by atoms with Crippen LogP contribution in [0.4, 0.5) is 5.69 Å². The number of benzene rings is 1. The van der Waals surface area contributed by atoms with Crippen molar-refractivity contribution in [2.75, 3.05) is 18.4 Å². The van der Waals surface area contributed by atoms with Crippen LogP contribution in [0.2, 0.25) is 0 Å². The van der Waals surface area contributed by atoms with Crippen LogP contribution in [-0.4, -0.2) is 39.9 Å². The van der Waals surface area contributed by atoms with Gasteiger partial charge in [-0.25, -0.2) is 0 Å². The van der Waals surface area contributed by atoms with E-state index in [0.717, 1.165) is 18.4 Å². The molecule has 2 heterocycles. The molecule has 24 heavy (non-hydrogen) atoms. The predicted molar refractivity (Wildman–Crippen MR) is 87.4 cm³/mol. The molecule has 7 nitrogen and oxygen atoms in total. The number of nitrogens with zero attached hydrogens (tertiary/aromatic N) is 3. The first-order chi connectivity index (χ1) is 11.5. The molecule has 126 valence electrons. The van der Waals surface area contributed by atoms with Crippen molar-refractivity contribution in [2.24, 2.45) is 0 Å². The molecule has 1 saturated heterocycles. The van der Waals surface area contributed by atoms with E-state index in [-0.39, 0.29) is 5.92 Å². The Balaban J connectivity index is 1.64. The van der Waals surface area contributed by atoms with Gasteiger partial charge in [0.25, 0.3) is 0 Å². The van der Waals surface area contributed by atoms with Crippen molar-refractivity contribution >= 4 is 17.5 Å². The lowest BCUT2D eigenvalue weighted by Gasteiger charge is -2.30. The molecule has 0 spiro atoms. The maximum Gasteiger partial charge on any atom is 0.313 e. The first kappa shape index (κ1) is 16.2. The number of aromatic nitrogens is 2. The summed E-state index contributed by atoms with van der Waals surface area (Å²) >= 11 is 0. The van der Waals surface area contributed by atoms with Crippen molar-refractivity contribution < 1.29 is 14.1 Å². The smallest absolute Gasteiger partial charge is 0.313 e. The Bertz CT molecular complexity index is 756. The monoisotopic (exact) mass is 328 g/mol. The molecular formula is C17H20N4O3. The van der Waals surface area contributed by atoms with Gasteiger partial charge < -0.3 is 14.7 Å².